The maximum absolute atomic E-state index is 6.55. The molecule has 5 aromatic rings. The Hall–Kier alpha value is -3.99. The van der Waals surface area contributed by atoms with Crippen molar-refractivity contribution in [3.05, 3.63) is 103 Å². The molecule has 7 aliphatic rings. The van der Waals surface area contributed by atoms with Crippen LogP contribution in [0.2, 0.25) is 11.6 Å². The van der Waals surface area contributed by atoms with E-state index in [9.17, 15) is 0 Å². The average molecular weight is 684 g/mol. The lowest BCUT2D eigenvalue weighted by Gasteiger charge is -2.68. The Bertz CT molecular complexity index is 2190. The number of hydrogen-bond donors (Lipinski definition) is 0. The van der Waals surface area contributed by atoms with E-state index in [1.54, 1.807) is 11.0 Å². The molecule has 12 rings (SSSR count). The highest BCUT2D eigenvalue weighted by molar-refractivity contribution is 6.79. The Morgan fingerprint density at radius 2 is 1.38 bits per heavy atom. The molecule has 52 heavy (non-hydrogen) atoms. The first kappa shape index (κ1) is 30.5. The Balaban J connectivity index is 1.01. The number of fused-ring (bicyclic) bond motifs is 10. The first-order valence-corrected chi connectivity index (χ1v) is 21.0. The standard InChI is InChI=1S/C47H50BN3O/c1-2-13-29(14-3-1)31-16-4-5-17-32(31)33-19-11-22-38-45(33)51-40-24-10-15-30-27-28-37-46(43(30)40)50(47(51)49-38)39-23-8-7-20-35(39)48(37)36-21-12-26-42-44(36)34-18-6-9-25-41(34)52-42/h1-6,9,12-14,16-18,21,25-26,30,33,35,37-40,43,45-46H,7-8,10-11,15,19-20,22-24,27-28H2. The first-order valence-electron chi connectivity index (χ1n) is 21.0. The molecule has 10 atom stereocenters. The zero-order valence-electron chi connectivity index (χ0n) is 30.3. The van der Waals surface area contributed by atoms with Gasteiger partial charge in [0.05, 0.1) is 12.1 Å². The van der Waals surface area contributed by atoms with Gasteiger partial charge in [0.1, 0.15) is 11.2 Å². The van der Waals surface area contributed by atoms with Gasteiger partial charge in [0.15, 0.2) is 12.7 Å². The van der Waals surface area contributed by atoms with Crippen LogP contribution in [0.3, 0.4) is 0 Å². The number of aliphatic imine (C=N–C) groups is 1. The fraction of sp³-hybridized carbons (Fsp3) is 0.468. The summed E-state index contributed by atoms with van der Waals surface area (Å²) in [6.07, 6.45) is 16.1. The molecule has 4 aromatic carbocycles. The van der Waals surface area contributed by atoms with Crippen molar-refractivity contribution < 1.29 is 4.42 Å². The molecule has 4 aliphatic carbocycles. The molecule has 0 amide bonds. The molecule has 3 aliphatic heterocycles. The summed E-state index contributed by atoms with van der Waals surface area (Å²) >= 11 is 0. The third-order valence-electron chi connectivity index (χ3n) is 15.6. The van der Waals surface area contributed by atoms with Gasteiger partial charge in [0, 0.05) is 40.7 Å². The monoisotopic (exact) mass is 683 g/mol. The lowest BCUT2D eigenvalue weighted by Crippen LogP contribution is -2.76. The normalized spacial score (nSPS) is 34.8. The molecule has 0 radical (unpaired) electrons. The van der Waals surface area contributed by atoms with Gasteiger partial charge < -0.3 is 14.2 Å². The van der Waals surface area contributed by atoms with E-state index >= 15 is 0 Å². The minimum atomic E-state index is 0.405. The predicted octanol–water partition coefficient (Wildman–Crippen LogP) is 10.3. The summed E-state index contributed by atoms with van der Waals surface area (Å²) < 4.78 is 6.55. The smallest absolute Gasteiger partial charge is 0.198 e. The highest BCUT2D eigenvalue weighted by Gasteiger charge is 2.65. The number of nitrogens with zero attached hydrogens (tertiary/aromatic N) is 3. The van der Waals surface area contributed by atoms with E-state index < -0.39 is 0 Å². The van der Waals surface area contributed by atoms with Crippen LogP contribution < -0.4 is 5.46 Å². The summed E-state index contributed by atoms with van der Waals surface area (Å²) in [5.41, 5.74) is 8.07. The van der Waals surface area contributed by atoms with Crippen LogP contribution in [0.1, 0.15) is 88.5 Å². The van der Waals surface area contributed by atoms with Gasteiger partial charge in [0.25, 0.3) is 0 Å². The summed E-state index contributed by atoms with van der Waals surface area (Å²) in [5, 5.41) is 2.72. The van der Waals surface area contributed by atoms with E-state index in [0.717, 1.165) is 23.0 Å². The molecule has 1 aromatic heterocycles. The van der Waals surface area contributed by atoms with Crippen LogP contribution in [0.15, 0.2) is 106 Å². The molecule has 2 saturated heterocycles. The van der Waals surface area contributed by atoms with E-state index in [1.807, 2.05) is 0 Å². The number of rotatable bonds is 3. The van der Waals surface area contributed by atoms with Gasteiger partial charge in [-0.3, -0.25) is 0 Å². The second kappa shape index (κ2) is 11.8. The van der Waals surface area contributed by atoms with Gasteiger partial charge in [-0.05, 0) is 78.5 Å². The van der Waals surface area contributed by atoms with Crippen molar-refractivity contribution in [3.63, 3.8) is 0 Å². The molecule has 0 N–H and O–H groups in total. The second-order valence-corrected chi connectivity index (χ2v) is 17.7. The average Bonchev–Trinajstić information content (AvgIpc) is 3.79. The Kier molecular flexibility index (Phi) is 6.89. The quantitative estimate of drug-likeness (QED) is 0.178. The zero-order chi connectivity index (χ0) is 33.9. The van der Waals surface area contributed by atoms with Crippen LogP contribution in [-0.2, 0) is 0 Å². The van der Waals surface area contributed by atoms with Gasteiger partial charge in [-0.1, -0.05) is 135 Å². The molecular weight excluding hydrogens is 633 g/mol. The first-order chi connectivity index (χ1) is 25.8. The Morgan fingerprint density at radius 1 is 0.596 bits per heavy atom. The number of para-hydroxylation sites is 1. The summed E-state index contributed by atoms with van der Waals surface area (Å²) in [6, 6.07) is 39.2. The maximum Gasteiger partial charge on any atom is 0.198 e. The van der Waals surface area contributed by atoms with Gasteiger partial charge in [-0.15, -0.1) is 0 Å². The minimum Gasteiger partial charge on any atom is -0.456 e. The SMILES string of the molecule is c1ccc(-c2ccccc2C2CCCC3N=C4N(C5CCCC6CCC7B(c8cccc9oc%10ccccc%10c89)C8CCCCC8N4C7C65)C32)cc1. The fourth-order valence-corrected chi connectivity index (χ4v) is 14.0. The van der Waals surface area contributed by atoms with Crippen molar-refractivity contribution in [2.45, 2.75) is 125 Å². The van der Waals surface area contributed by atoms with Crippen LogP contribution in [0.25, 0.3) is 33.1 Å². The van der Waals surface area contributed by atoms with Gasteiger partial charge in [0.2, 0.25) is 0 Å². The number of guanidine groups is 1. The van der Waals surface area contributed by atoms with E-state index in [2.05, 4.69) is 107 Å². The Labute approximate surface area is 308 Å². The molecule has 4 heterocycles. The Morgan fingerprint density at radius 3 is 2.35 bits per heavy atom. The molecule has 4 nitrogen and oxygen atoms in total. The van der Waals surface area contributed by atoms with Crippen LogP contribution in [0, 0.1) is 11.8 Å². The van der Waals surface area contributed by atoms with Crippen molar-refractivity contribution in [1.82, 2.24) is 9.80 Å². The molecule has 6 fully saturated rings. The molecule has 4 saturated carbocycles. The fourth-order valence-electron chi connectivity index (χ4n) is 14.0. The van der Waals surface area contributed by atoms with E-state index in [-0.39, 0.29) is 0 Å². The number of furan rings is 1. The maximum atomic E-state index is 6.55. The van der Waals surface area contributed by atoms with E-state index in [0.29, 0.717) is 54.5 Å². The molecule has 262 valence electrons. The van der Waals surface area contributed by atoms with Crippen molar-refractivity contribution in [3.8, 4) is 11.1 Å². The molecule has 0 bridgehead atoms. The van der Waals surface area contributed by atoms with Crippen molar-refractivity contribution in [2.24, 2.45) is 16.8 Å². The molecule has 10 unspecified atom stereocenters. The third kappa shape index (κ3) is 4.26. The van der Waals surface area contributed by atoms with Crippen LogP contribution >= 0.6 is 0 Å². The number of benzene rings is 4. The molecular formula is C47H50BN3O. The summed E-state index contributed by atoms with van der Waals surface area (Å²) in [6.45, 7) is 0.584. The number of hydrogen-bond acceptors (Lipinski definition) is 4. The summed E-state index contributed by atoms with van der Waals surface area (Å²) in [4.78, 5) is 12.1. The van der Waals surface area contributed by atoms with Crippen LogP contribution in [0.5, 0.6) is 0 Å². The summed E-state index contributed by atoms with van der Waals surface area (Å²) in [5.74, 6) is 4.87. The largest absolute Gasteiger partial charge is 0.456 e. The van der Waals surface area contributed by atoms with Crippen molar-refractivity contribution >= 4 is 40.1 Å². The van der Waals surface area contributed by atoms with Crippen LogP contribution in [-0.4, -0.2) is 52.7 Å². The molecule has 5 heteroatoms. The lowest BCUT2D eigenvalue weighted by molar-refractivity contribution is -0.0570. The highest BCUT2D eigenvalue weighted by atomic mass is 16.3. The minimum absolute atomic E-state index is 0.405. The lowest BCUT2D eigenvalue weighted by atomic mass is 9.23. The van der Waals surface area contributed by atoms with Crippen LogP contribution in [0.4, 0.5) is 0 Å². The van der Waals surface area contributed by atoms with Crippen molar-refractivity contribution in [1.29, 1.82) is 0 Å². The van der Waals surface area contributed by atoms with Crippen molar-refractivity contribution in [2.75, 3.05) is 0 Å². The summed E-state index contributed by atoms with van der Waals surface area (Å²) in [7, 11) is 0. The second-order valence-electron chi connectivity index (χ2n) is 17.7. The van der Waals surface area contributed by atoms with E-state index in [1.165, 1.54) is 105 Å². The molecule has 0 spiro atoms. The van der Waals surface area contributed by atoms with Gasteiger partial charge in [-0.2, -0.15) is 0 Å². The predicted molar refractivity (Wildman–Crippen MR) is 214 cm³/mol. The van der Waals surface area contributed by atoms with E-state index in [4.69, 9.17) is 9.41 Å². The third-order valence-corrected chi connectivity index (χ3v) is 15.6. The zero-order valence-corrected chi connectivity index (χ0v) is 30.3. The highest BCUT2D eigenvalue weighted by Crippen LogP contribution is 2.61. The van der Waals surface area contributed by atoms with Gasteiger partial charge >= 0.3 is 0 Å². The topological polar surface area (TPSA) is 32.0 Å². The van der Waals surface area contributed by atoms with Gasteiger partial charge in [-0.25, -0.2) is 4.99 Å².